The maximum Gasteiger partial charge on any atom is 0.343 e. The van der Waals surface area contributed by atoms with Crippen LogP contribution in [0.4, 0.5) is 4.79 Å². The van der Waals surface area contributed by atoms with Gasteiger partial charge in [0.1, 0.15) is 12.4 Å². The number of benzene rings is 1. The molecule has 50 heavy (non-hydrogen) atoms. The van der Waals surface area contributed by atoms with Crippen molar-refractivity contribution in [2.45, 2.75) is 101 Å². The highest BCUT2D eigenvalue weighted by molar-refractivity contribution is 8.00. The number of nitrogens with one attached hydrogen (secondary N) is 3. The number of aliphatic hydroxyl groups is 1. The summed E-state index contributed by atoms with van der Waals surface area (Å²) in [5.74, 6) is 0.280. The van der Waals surface area contributed by atoms with Crippen LogP contribution in [-0.2, 0) is 37.9 Å². The number of fused-ring (bicyclic) bond motifs is 6. The molecule has 1 aromatic carbocycles. The van der Waals surface area contributed by atoms with Crippen LogP contribution in [0.25, 0.3) is 22.3 Å². The van der Waals surface area contributed by atoms with E-state index in [4.69, 9.17) is 14.5 Å². The van der Waals surface area contributed by atoms with Gasteiger partial charge in [-0.2, -0.15) is 11.8 Å². The summed E-state index contributed by atoms with van der Waals surface area (Å²) in [6, 6.07) is 9.13. The van der Waals surface area contributed by atoms with Crippen LogP contribution in [0.5, 0.6) is 5.75 Å². The summed E-state index contributed by atoms with van der Waals surface area (Å²) < 4.78 is 12.3. The van der Waals surface area contributed by atoms with E-state index in [1.165, 1.54) is 0 Å². The summed E-state index contributed by atoms with van der Waals surface area (Å²) in [5.41, 5.74) is 0.935. The lowest BCUT2D eigenvalue weighted by molar-refractivity contribution is -0.172. The largest absolute Gasteiger partial charge is 0.458 e. The minimum atomic E-state index is -1.88. The van der Waals surface area contributed by atoms with Gasteiger partial charge in [-0.15, -0.1) is 0 Å². The number of rotatable bonds is 13. The lowest BCUT2D eigenvalue weighted by atomic mass is 9.86. The fourth-order valence-electron chi connectivity index (χ4n) is 7.37. The first-order chi connectivity index (χ1) is 24.1. The smallest absolute Gasteiger partial charge is 0.343 e. The Balaban J connectivity index is 0.848. The van der Waals surface area contributed by atoms with Crippen LogP contribution in [0.15, 0.2) is 35.1 Å². The quantitative estimate of drug-likeness (QED) is 0.0699. The summed E-state index contributed by atoms with van der Waals surface area (Å²) in [4.78, 5) is 66.9. The number of carbonyl (C=O) groups is 4. The van der Waals surface area contributed by atoms with Crippen molar-refractivity contribution in [3.05, 3.63) is 57.4 Å². The van der Waals surface area contributed by atoms with Crippen molar-refractivity contribution >= 4 is 46.5 Å². The Morgan fingerprint density at radius 1 is 1.10 bits per heavy atom. The van der Waals surface area contributed by atoms with Gasteiger partial charge < -0.3 is 35.1 Å². The van der Waals surface area contributed by atoms with Crippen LogP contribution < -0.4 is 26.2 Å². The average Bonchev–Trinajstić information content (AvgIpc) is 3.77. The summed E-state index contributed by atoms with van der Waals surface area (Å²) in [6.07, 6.45) is 5.77. The predicted molar refractivity (Wildman–Crippen MR) is 186 cm³/mol. The number of thioether (sulfide) groups is 1. The summed E-state index contributed by atoms with van der Waals surface area (Å²) in [6.45, 7) is 2.33. The number of pyridine rings is 2. The average molecular weight is 704 g/mol. The number of nitrogens with zero attached hydrogens (tertiary/aromatic N) is 2. The molecule has 0 saturated carbocycles. The third-order valence-corrected chi connectivity index (χ3v) is 11.7. The molecular weight excluding hydrogens is 662 g/mol. The van der Waals surface area contributed by atoms with E-state index in [-0.39, 0.29) is 72.7 Å². The number of aromatic nitrogens is 2. The third kappa shape index (κ3) is 6.58. The molecule has 6 heterocycles. The van der Waals surface area contributed by atoms with Gasteiger partial charge >= 0.3 is 18.0 Å². The molecule has 264 valence electrons. The number of carbonyl (C=O) groups excluding carboxylic acids is 4. The van der Waals surface area contributed by atoms with E-state index in [2.05, 4.69) is 16.0 Å². The van der Waals surface area contributed by atoms with Crippen molar-refractivity contribution in [3.63, 3.8) is 0 Å². The maximum absolute atomic E-state index is 13.4. The Bertz CT molecular complexity index is 1930. The van der Waals surface area contributed by atoms with Gasteiger partial charge in [-0.3, -0.25) is 14.4 Å². The van der Waals surface area contributed by atoms with Crippen LogP contribution in [0.3, 0.4) is 0 Å². The van der Waals surface area contributed by atoms with Crippen LogP contribution in [0, 0.1) is 0 Å². The molecule has 7 rings (SSSR count). The monoisotopic (exact) mass is 703 g/mol. The van der Waals surface area contributed by atoms with Crippen molar-refractivity contribution in [1.82, 2.24) is 25.5 Å². The summed E-state index contributed by atoms with van der Waals surface area (Å²) in [5, 5.41) is 21.1. The standard InChI is InChI=1S/C36H41N5O8S/c1-2-36(47)24-16-27-31-21(17-41(27)33(44)23(24)18-48-34(36)45)14-20-15-22(11-12-25(20)38-31)49-30(43)10-4-3-7-13-37-29(42)9-6-5-8-28-32-26(19-50-28)39-35(46)40-32/h11-12,14-16,26,28,32,47H,2-10,13,17-19H2,1H3,(H,37,42)(H2,39,40,46)/t26-,28-,32-,36-/m0/s1. The molecular formula is C36H41N5O8S. The molecule has 2 fully saturated rings. The van der Waals surface area contributed by atoms with Crippen molar-refractivity contribution in [2.75, 3.05) is 12.3 Å². The van der Waals surface area contributed by atoms with Crippen LogP contribution >= 0.6 is 11.8 Å². The second kappa shape index (κ2) is 14.1. The molecule has 4 N–H and O–H groups in total. The number of hydrogen-bond acceptors (Lipinski definition) is 10. The third-order valence-electron chi connectivity index (χ3n) is 10.2. The molecule has 2 aromatic heterocycles. The first kappa shape index (κ1) is 34.0. The highest BCUT2D eigenvalue weighted by Gasteiger charge is 2.45. The normalized spacial score (nSPS) is 23.0. The second-order valence-corrected chi connectivity index (χ2v) is 14.7. The van der Waals surface area contributed by atoms with E-state index in [1.807, 2.05) is 17.8 Å². The summed E-state index contributed by atoms with van der Waals surface area (Å²) >= 11 is 1.89. The molecule has 14 heteroatoms. The number of amides is 3. The number of cyclic esters (lactones) is 1. The van der Waals surface area contributed by atoms with Gasteiger partial charge in [0.05, 0.1) is 41.1 Å². The number of ether oxygens (including phenoxy) is 2. The first-order valence-electron chi connectivity index (χ1n) is 17.4. The van der Waals surface area contributed by atoms with Crippen molar-refractivity contribution in [1.29, 1.82) is 0 Å². The van der Waals surface area contributed by atoms with Gasteiger partial charge in [-0.1, -0.05) is 19.8 Å². The van der Waals surface area contributed by atoms with Gasteiger partial charge in [0.25, 0.3) is 5.56 Å². The van der Waals surface area contributed by atoms with Gasteiger partial charge in [0.15, 0.2) is 5.60 Å². The number of hydrogen-bond donors (Lipinski definition) is 4. The van der Waals surface area contributed by atoms with Crippen LogP contribution in [0.2, 0.25) is 0 Å². The Labute approximate surface area is 292 Å². The number of unbranched alkanes of at least 4 members (excludes halogenated alkanes) is 3. The Morgan fingerprint density at radius 3 is 2.78 bits per heavy atom. The summed E-state index contributed by atoms with van der Waals surface area (Å²) in [7, 11) is 0. The molecule has 0 unspecified atom stereocenters. The molecule has 0 aliphatic carbocycles. The molecule has 3 aromatic rings. The second-order valence-electron chi connectivity index (χ2n) is 13.5. The minimum absolute atomic E-state index is 0.0402. The van der Waals surface area contributed by atoms with Crippen molar-refractivity contribution < 1.29 is 33.8 Å². The van der Waals surface area contributed by atoms with E-state index < -0.39 is 11.6 Å². The van der Waals surface area contributed by atoms with Crippen LogP contribution in [-0.4, -0.2) is 68.2 Å². The predicted octanol–water partition coefficient (Wildman–Crippen LogP) is 3.39. The van der Waals surface area contributed by atoms with Crippen molar-refractivity contribution in [2.24, 2.45) is 0 Å². The molecule has 13 nitrogen and oxygen atoms in total. The molecule has 4 aliphatic heterocycles. The molecule has 4 aliphatic rings. The molecule has 0 bridgehead atoms. The van der Waals surface area contributed by atoms with Gasteiger partial charge in [-0.25, -0.2) is 14.6 Å². The fraction of sp³-hybridized carbons (Fsp3) is 0.500. The Kier molecular flexibility index (Phi) is 9.57. The van der Waals surface area contributed by atoms with E-state index >= 15 is 0 Å². The van der Waals surface area contributed by atoms with E-state index in [1.54, 1.807) is 35.8 Å². The highest BCUT2D eigenvalue weighted by Crippen LogP contribution is 2.39. The first-order valence-corrected chi connectivity index (χ1v) is 18.5. The zero-order valence-corrected chi connectivity index (χ0v) is 28.7. The lowest BCUT2D eigenvalue weighted by Crippen LogP contribution is -2.44. The van der Waals surface area contributed by atoms with Crippen molar-refractivity contribution in [3.8, 4) is 17.1 Å². The molecule has 2 saturated heterocycles. The molecule has 0 radical (unpaired) electrons. The Morgan fingerprint density at radius 2 is 1.94 bits per heavy atom. The SMILES string of the molecule is CC[C@@]1(O)C(=O)OCc2c1cc1n(c2=O)Cc2cc3cc(OC(=O)CCCCCNC(=O)CCCC[C@@H]4SC[C@@H]5NC(=O)N[C@@H]54)ccc3nc2-1. The van der Waals surface area contributed by atoms with E-state index in [0.717, 1.165) is 48.8 Å². The van der Waals surface area contributed by atoms with Gasteiger partial charge in [0.2, 0.25) is 5.91 Å². The maximum atomic E-state index is 13.4. The minimum Gasteiger partial charge on any atom is -0.458 e. The molecule has 4 atom stereocenters. The molecule has 3 amide bonds. The highest BCUT2D eigenvalue weighted by atomic mass is 32.2. The number of esters is 2. The zero-order valence-electron chi connectivity index (χ0n) is 27.9. The Hall–Kier alpha value is -4.43. The lowest BCUT2D eigenvalue weighted by Gasteiger charge is -2.31. The van der Waals surface area contributed by atoms with E-state index in [0.29, 0.717) is 47.3 Å². The zero-order chi connectivity index (χ0) is 35.0. The van der Waals surface area contributed by atoms with Gasteiger partial charge in [-0.05, 0) is 62.4 Å². The topological polar surface area (TPSA) is 178 Å². The number of urea groups is 1. The fourth-order valence-corrected chi connectivity index (χ4v) is 8.91. The van der Waals surface area contributed by atoms with Crippen LogP contribution in [0.1, 0.15) is 81.4 Å². The van der Waals surface area contributed by atoms with Gasteiger partial charge in [0, 0.05) is 46.9 Å². The van der Waals surface area contributed by atoms with E-state index in [9.17, 15) is 29.1 Å². The molecule has 0 spiro atoms.